The second-order valence-electron chi connectivity index (χ2n) is 6.63. The first kappa shape index (κ1) is 22.6. The Morgan fingerprint density at radius 2 is 2.20 bits per heavy atom. The zero-order valence-electron chi connectivity index (χ0n) is 17.7. The summed E-state index contributed by atoms with van der Waals surface area (Å²) < 4.78 is 5.43. The predicted molar refractivity (Wildman–Crippen MR) is 121 cm³/mol. The maximum absolute atomic E-state index is 11.9. The van der Waals surface area contributed by atoms with Crippen LogP contribution < -0.4 is 10.6 Å². The highest BCUT2D eigenvalue weighted by Crippen LogP contribution is 2.28. The van der Waals surface area contributed by atoms with Gasteiger partial charge in [-0.1, -0.05) is 24.3 Å². The fourth-order valence-corrected chi connectivity index (χ4v) is 2.93. The van der Waals surface area contributed by atoms with Gasteiger partial charge < -0.3 is 20.3 Å². The van der Waals surface area contributed by atoms with Gasteiger partial charge in [-0.15, -0.1) is 6.58 Å². The number of urea groups is 1. The lowest BCUT2D eigenvalue weighted by Gasteiger charge is -2.23. The quantitative estimate of drug-likeness (QED) is 0.490. The molecule has 1 aliphatic carbocycles. The third-order valence-electron chi connectivity index (χ3n) is 4.59. The molecule has 6 heteroatoms. The summed E-state index contributed by atoms with van der Waals surface area (Å²) in [6.45, 7) is 6.81. The summed E-state index contributed by atoms with van der Waals surface area (Å²) in [6.07, 6.45) is 10.1. The average Bonchev–Trinajstić information content (AvgIpc) is 2.98. The zero-order chi connectivity index (χ0) is 21.9. The molecular formula is C24H28N4O2. The molecule has 6 nitrogen and oxygen atoms in total. The summed E-state index contributed by atoms with van der Waals surface area (Å²) in [5.41, 5.74) is 3.78. The molecule has 1 aromatic rings. The fraction of sp³-hybridized carbons (Fsp3) is 0.250. The van der Waals surface area contributed by atoms with E-state index in [1.54, 1.807) is 19.3 Å². The van der Waals surface area contributed by atoms with Gasteiger partial charge in [-0.3, -0.25) is 0 Å². The largest absolute Gasteiger partial charge is 0.497 e. The van der Waals surface area contributed by atoms with Crippen LogP contribution in [0.4, 0.5) is 10.5 Å². The van der Waals surface area contributed by atoms with Gasteiger partial charge in [0, 0.05) is 43.2 Å². The molecule has 0 heterocycles. The number of rotatable bonds is 8. The van der Waals surface area contributed by atoms with Crippen molar-refractivity contribution < 1.29 is 9.53 Å². The number of hydrogen-bond acceptors (Lipinski definition) is 4. The minimum atomic E-state index is -0.309. The maximum Gasteiger partial charge on any atom is 0.319 e. The Balaban J connectivity index is 2.35. The van der Waals surface area contributed by atoms with Crippen LogP contribution >= 0.6 is 0 Å². The van der Waals surface area contributed by atoms with E-state index >= 15 is 0 Å². The topological polar surface area (TPSA) is 77.4 Å². The Hall–Kier alpha value is -3.72. The van der Waals surface area contributed by atoms with Gasteiger partial charge in [-0.2, -0.15) is 5.26 Å². The Kier molecular flexibility index (Phi) is 8.52. The SMILES string of the molecule is C=CCNC(=O)Nc1cccc(/C=C(\C#N)C2=CCC=C(OC)C=C2N(C)CC)c1. The summed E-state index contributed by atoms with van der Waals surface area (Å²) in [5, 5.41) is 15.3. The van der Waals surface area contributed by atoms with Gasteiger partial charge in [0.05, 0.1) is 18.8 Å². The van der Waals surface area contributed by atoms with Crippen molar-refractivity contribution >= 4 is 17.8 Å². The third-order valence-corrected chi connectivity index (χ3v) is 4.59. The number of ether oxygens (including phenoxy) is 1. The van der Waals surface area contributed by atoms with Crippen LogP contribution in [0.5, 0.6) is 0 Å². The van der Waals surface area contributed by atoms with Crippen LogP contribution in [-0.4, -0.2) is 38.2 Å². The minimum Gasteiger partial charge on any atom is -0.497 e. The molecular weight excluding hydrogens is 376 g/mol. The summed E-state index contributed by atoms with van der Waals surface area (Å²) in [5.74, 6) is 0.769. The van der Waals surface area contributed by atoms with E-state index in [-0.39, 0.29) is 6.03 Å². The van der Waals surface area contributed by atoms with E-state index in [1.165, 1.54) is 0 Å². The van der Waals surface area contributed by atoms with Gasteiger partial charge in [0.2, 0.25) is 0 Å². The molecule has 0 saturated heterocycles. The maximum atomic E-state index is 11.9. The van der Waals surface area contributed by atoms with Crippen LogP contribution in [0.15, 0.2) is 77.8 Å². The van der Waals surface area contributed by atoms with Crippen LogP contribution in [0, 0.1) is 11.3 Å². The van der Waals surface area contributed by atoms with E-state index in [4.69, 9.17) is 4.74 Å². The van der Waals surface area contributed by atoms with Crippen LogP contribution in [-0.2, 0) is 4.74 Å². The molecule has 0 radical (unpaired) electrons. The number of hydrogen-bond donors (Lipinski definition) is 2. The number of nitriles is 1. The molecule has 2 N–H and O–H groups in total. The Bertz CT molecular complexity index is 948. The van der Waals surface area contributed by atoms with Crippen LogP contribution in [0.2, 0.25) is 0 Å². The van der Waals surface area contributed by atoms with E-state index in [0.29, 0.717) is 24.2 Å². The molecule has 0 aromatic heterocycles. The van der Waals surface area contributed by atoms with Crippen molar-refractivity contribution in [2.75, 3.05) is 32.6 Å². The number of amides is 2. The molecule has 0 atom stereocenters. The molecule has 1 aliphatic rings. The highest BCUT2D eigenvalue weighted by atomic mass is 16.5. The molecule has 2 rings (SSSR count). The number of allylic oxidation sites excluding steroid dienone is 4. The van der Waals surface area contributed by atoms with E-state index < -0.39 is 0 Å². The van der Waals surface area contributed by atoms with E-state index in [9.17, 15) is 10.1 Å². The highest BCUT2D eigenvalue weighted by Gasteiger charge is 2.17. The van der Waals surface area contributed by atoms with Crippen molar-refractivity contribution in [1.82, 2.24) is 10.2 Å². The molecule has 0 aliphatic heterocycles. The number of benzene rings is 1. The van der Waals surface area contributed by atoms with Crippen molar-refractivity contribution in [3.05, 3.63) is 83.3 Å². The van der Waals surface area contributed by atoms with Crippen molar-refractivity contribution in [2.45, 2.75) is 13.3 Å². The van der Waals surface area contributed by atoms with Crippen LogP contribution in [0.25, 0.3) is 6.08 Å². The minimum absolute atomic E-state index is 0.309. The van der Waals surface area contributed by atoms with Crippen LogP contribution in [0.3, 0.4) is 0 Å². The first-order valence-corrected chi connectivity index (χ1v) is 9.77. The highest BCUT2D eigenvalue weighted by molar-refractivity contribution is 5.89. The standard InChI is InChI=1S/C24H28N4O2/c1-5-13-26-24(29)27-20-10-7-9-18(15-20)14-19(17-25)22-12-8-11-21(30-4)16-23(22)28(3)6-2/h5,7,9-12,14-16H,1,6,8,13H2,2-4H3,(H2,26,27,29)/b19-14+. The van der Waals surface area contributed by atoms with Gasteiger partial charge >= 0.3 is 6.03 Å². The Morgan fingerprint density at radius 1 is 1.40 bits per heavy atom. The molecule has 30 heavy (non-hydrogen) atoms. The Labute approximate surface area is 178 Å². The second kappa shape index (κ2) is 11.3. The fourth-order valence-electron chi connectivity index (χ4n) is 2.93. The molecule has 0 unspecified atom stereocenters. The van der Waals surface area contributed by atoms with Crippen molar-refractivity contribution in [3.63, 3.8) is 0 Å². The number of anilines is 1. The van der Waals surface area contributed by atoms with E-state index in [1.807, 2.05) is 49.6 Å². The first-order valence-electron chi connectivity index (χ1n) is 9.77. The zero-order valence-corrected chi connectivity index (χ0v) is 17.7. The molecule has 0 fully saturated rings. The smallest absolute Gasteiger partial charge is 0.319 e. The summed E-state index contributed by atoms with van der Waals surface area (Å²) >= 11 is 0. The van der Waals surface area contributed by atoms with Crippen LogP contribution in [0.1, 0.15) is 18.9 Å². The van der Waals surface area contributed by atoms with Gasteiger partial charge in [0.1, 0.15) is 5.76 Å². The van der Waals surface area contributed by atoms with Gasteiger partial charge in [-0.05, 0) is 43.2 Å². The van der Waals surface area contributed by atoms with Crippen molar-refractivity contribution in [3.8, 4) is 6.07 Å². The number of carbonyl (C=O) groups excluding carboxylic acids is 1. The average molecular weight is 405 g/mol. The molecule has 2 amide bonds. The monoisotopic (exact) mass is 404 g/mol. The third kappa shape index (κ3) is 6.14. The lowest BCUT2D eigenvalue weighted by atomic mass is 9.99. The van der Waals surface area contributed by atoms with Gasteiger partial charge in [-0.25, -0.2) is 4.79 Å². The molecule has 0 saturated carbocycles. The van der Waals surface area contributed by atoms with E-state index in [0.717, 1.165) is 29.1 Å². The van der Waals surface area contributed by atoms with Crippen molar-refractivity contribution in [1.29, 1.82) is 5.26 Å². The number of nitrogens with one attached hydrogen (secondary N) is 2. The van der Waals surface area contributed by atoms with E-state index in [2.05, 4.69) is 35.1 Å². The molecule has 156 valence electrons. The number of nitrogens with zero attached hydrogens (tertiary/aromatic N) is 2. The lowest BCUT2D eigenvalue weighted by Crippen LogP contribution is -2.28. The Morgan fingerprint density at radius 3 is 2.87 bits per heavy atom. The van der Waals surface area contributed by atoms with Gasteiger partial charge in [0.15, 0.2) is 0 Å². The van der Waals surface area contributed by atoms with Crippen molar-refractivity contribution in [2.24, 2.45) is 0 Å². The normalized spacial score (nSPS) is 13.7. The number of likely N-dealkylation sites (N-methyl/N-ethyl adjacent to an activating group) is 1. The predicted octanol–water partition coefficient (Wildman–Crippen LogP) is 4.60. The lowest BCUT2D eigenvalue weighted by molar-refractivity contribution is 0.253. The second-order valence-corrected chi connectivity index (χ2v) is 6.63. The molecule has 0 bridgehead atoms. The summed E-state index contributed by atoms with van der Waals surface area (Å²) in [6, 6.07) is 9.38. The van der Waals surface area contributed by atoms with Gasteiger partial charge in [0.25, 0.3) is 0 Å². The first-order chi connectivity index (χ1) is 14.5. The number of carbonyl (C=O) groups is 1. The molecule has 1 aromatic carbocycles. The summed E-state index contributed by atoms with van der Waals surface area (Å²) in [4.78, 5) is 14.0. The molecule has 0 spiro atoms. The number of methoxy groups -OCH3 is 1. The summed E-state index contributed by atoms with van der Waals surface area (Å²) in [7, 11) is 3.63.